The topological polar surface area (TPSA) is 125 Å². The third-order valence-electron chi connectivity index (χ3n) is 1.70. The molecule has 0 fully saturated rings. The van der Waals surface area contributed by atoms with Crippen molar-refractivity contribution in [2.24, 2.45) is 0 Å². The second kappa shape index (κ2) is 5.18. The zero-order chi connectivity index (χ0) is 9.84. The van der Waals surface area contributed by atoms with Crippen molar-refractivity contribution in [2.45, 2.75) is 13.8 Å². The Labute approximate surface area is 82.5 Å². The first-order valence-corrected chi connectivity index (χ1v) is 4.19. The van der Waals surface area contributed by atoms with Crippen LogP contribution in [0.4, 0.5) is 17.8 Å². The summed E-state index contributed by atoms with van der Waals surface area (Å²) in [5.41, 5.74) is 10.9. The van der Waals surface area contributed by atoms with E-state index in [1.165, 1.54) is 0 Å². The predicted molar refractivity (Wildman–Crippen MR) is 55.8 cm³/mol. The lowest BCUT2D eigenvalue weighted by Gasteiger charge is -2.18. The number of rotatable bonds is 3. The van der Waals surface area contributed by atoms with E-state index in [2.05, 4.69) is 15.0 Å². The van der Waals surface area contributed by atoms with Crippen molar-refractivity contribution in [2.75, 3.05) is 29.5 Å². The van der Waals surface area contributed by atoms with E-state index < -0.39 is 0 Å². The summed E-state index contributed by atoms with van der Waals surface area (Å²) in [6, 6.07) is 0. The van der Waals surface area contributed by atoms with Crippen molar-refractivity contribution in [1.82, 2.24) is 15.0 Å². The Balaban J connectivity index is 0.00000169. The number of nitrogen functional groups attached to an aromatic ring is 2. The molecule has 1 aromatic rings. The van der Waals surface area contributed by atoms with Gasteiger partial charge in [0.05, 0.1) is 0 Å². The quantitative estimate of drug-likeness (QED) is 0.648. The molecule has 0 amide bonds. The number of nitrogens with zero attached hydrogens (tertiary/aromatic N) is 4. The Morgan fingerprint density at radius 1 is 1.00 bits per heavy atom. The molecule has 1 aromatic heterocycles. The predicted octanol–water partition coefficient (Wildman–Crippen LogP) is -0.942. The summed E-state index contributed by atoms with van der Waals surface area (Å²) in [6.07, 6.45) is 0. The van der Waals surface area contributed by atoms with Crippen LogP contribution in [0, 0.1) is 0 Å². The normalized spacial score (nSPS) is 9.29. The van der Waals surface area contributed by atoms with Gasteiger partial charge in [-0.15, -0.1) is 0 Å². The van der Waals surface area contributed by atoms with E-state index in [1.807, 2.05) is 18.7 Å². The Morgan fingerprint density at radius 3 is 1.79 bits per heavy atom. The zero-order valence-electron chi connectivity index (χ0n) is 8.36. The Morgan fingerprint density at radius 2 is 1.43 bits per heavy atom. The molecule has 0 bridgehead atoms. The van der Waals surface area contributed by atoms with Crippen LogP contribution in [-0.2, 0) is 0 Å². The Bertz CT molecular complexity index is 267. The molecule has 0 spiro atoms. The van der Waals surface area contributed by atoms with Gasteiger partial charge in [-0.25, -0.2) is 0 Å². The van der Waals surface area contributed by atoms with E-state index in [0.717, 1.165) is 13.1 Å². The molecule has 0 aromatic carbocycles. The van der Waals surface area contributed by atoms with E-state index >= 15 is 0 Å². The van der Waals surface area contributed by atoms with E-state index in [9.17, 15) is 0 Å². The highest BCUT2D eigenvalue weighted by Gasteiger charge is 2.07. The summed E-state index contributed by atoms with van der Waals surface area (Å²) >= 11 is 0. The minimum atomic E-state index is 0. The molecule has 0 saturated carbocycles. The van der Waals surface area contributed by atoms with Crippen LogP contribution in [0.1, 0.15) is 13.8 Å². The van der Waals surface area contributed by atoms with Crippen molar-refractivity contribution >= 4 is 17.8 Å². The van der Waals surface area contributed by atoms with E-state index in [4.69, 9.17) is 11.5 Å². The van der Waals surface area contributed by atoms with Crippen LogP contribution in [0.3, 0.4) is 0 Å². The molecule has 0 aliphatic carbocycles. The van der Waals surface area contributed by atoms with Crippen LogP contribution >= 0.6 is 0 Å². The van der Waals surface area contributed by atoms with Gasteiger partial charge in [0.25, 0.3) is 0 Å². The van der Waals surface area contributed by atoms with Crippen molar-refractivity contribution in [1.29, 1.82) is 0 Å². The standard InChI is InChI=1S/C7H14N6.H2O/c1-3-13(4-2)7-11-5(8)10-6(9)12-7;/h3-4H2,1-2H3,(H4,8,9,10,11,12);1H2. The van der Waals surface area contributed by atoms with Crippen molar-refractivity contribution < 1.29 is 5.48 Å². The highest BCUT2D eigenvalue weighted by atomic mass is 16.0. The molecule has 80 valence electrons. The molecule has 7 nitrogen and oxygen atoms in total. The molecular formula is C7H16N6O. The molecule has 0 aliphatic heterocycles. The van der Waals surface area contributed by atoms with Gasteiger partial charge in [0.15, 0.2) is 0 Å². The van der Waals surface area contributed by atoms with Crippen LogP contribution < -0.4 is 16.4 Å². The molecule has 0 atom stereocenters. The van der Waals surface area contributed by atoms with Gasteiger partial charge in [0.2, 0.25) is 17.8 Å². The Hall–Kier alpha value is -1.63. The lowest BCUT2D eigenvalue weighted by molar-refractivity contribution is 0.817. The maximum atomic E-state index is 5.44. The summed E-state index contributed by atoms with van der Waals surface area (Å²) in [7, 11) is 0. The zero-order valence-corrected chi connectivity index (χ0v) is 8.36. The second-order valence-electron chi connectivity index (χ2n) is 2.52. The number of nitrogens with two attached hydrogens (primary N) is 2. The van der Waals surface area contributed by atoms with Gasteiger partial charge in [0, 0.05) is 13.1 Å². The molecule has 1 heterocycles. The first-order chi connectivity index (χ1) is 6.17. The smallest absolute Gasteiger partial charge is 0.231 e. The monoisotopic (exact) mass is 200 g/mol. The Kier molecular flexibility index (Phi) is 4.57. The lowest BCUT2D eigenvalue weighted by atomic mass is 10.5. The largest absolute Gasteiger partial charge is 0.412 e. The summed E-state index contributed by atoms with van der Waals surface area (Å²) < 4.78 is 0. The summed E-state index contributed by atoms with van der Waals surface area (Å²) in [6.45, 7) is 5.66. The maximum absolute atomic E-state index is 5.44. The average molecular weight is 200 g/mol. The molecule has 1 rings (SSSR count). The molecule has 6 N–H and O–H groups in total. The summed E-state index contributed by atoms with van der Waals surface area (Å²) in [5, 5.41) is 0. The molecule has 14 heavy (non-hydrogen) atoms. The van der Waals surface area contributed by atoms with Crippen LogP contribution in [0.15, 0.2) is 0 Å². The fourth-order valence-corrected chi connectivity index (χ4v) is 1.05. The molecule has 0 aliphatic rings. The number of aromatic nitrogens is 3. The van der Waals surface area contributed by atoms with Crippen molar-refractivity contribution in [3.63, 3.8) is 0 Å². The van der Waals surface area contributed by atoms with Crippen molar-refractivity contribution in [3.05, 3.63) is 0 Å². The van der Waals surface area contributed by atoms with Gasteiger partial charge in [-0.05, 0) is 13.8 Å². The first-order valence-electron chi connectivity index (χ1n) is 4.19. The summed E-state index contributed by atoms with van der Waals surface area (Å²) in [5.74, 6) is 0.860. The minimum Gasteiger partial charge on any atom is -0.412 e. The number of anilines is 3. The average Bonchev–Trinajstić information content (AvgIpc) is 2.04. The van der Waals surface area contributed by atoms with Crippen LogP contribution in [0.2, 0.25) is 0 Å². The number of hydrogen-bond acceptors (Lipinski definition) is 6. The fraction of sp³-hybridized carbons (Fsp3) is 0.571. The molecular weight excluding hydrogens is 184 g/mol. The van der Waals surface area contributed by atoms with Crippen molar-refractivity contribution in [3.8, 4) is 0 Å². The van der Waals surface area contributed by atoms with E-state index in [-0.39, 0.29) is 17.4 Å². The highest BCUT2D eigenvalue weighted by molar-refractivity contribution is 5.39. The molecule has 0 radical (unpaired) electrons. The third-order valence-corrected chi connectivity index (χ3v) is 1.70. The minimum absolute atomic E-state index is 0. The lowest BCUT2D eigenvalue weighted by Crippen LogP contribution is -2.25. The third kappa shape index (κ3) is 2.70. The maximum Gasteiger partial charge on any atom is 0.231 e. The second-order valence-corrected chi connectivity index (χ2v) is 2.52. The van der Waals surface area contributed by atoms with Gasteiger partial charge < -0.3 is 21.8 Å². The van der Waals surface area contributed by atoms with Gasteiger partial charge in [-0.3, -0.25) is 0 Å². The van der Waals surface area contributed by atoms with Gasteiger partial charge in [-0.1, -0.05) is 0 Å². The van der Waals surface area contributed by atoms with Gasteiger partial charge in [0.1, 0.15) is 0 Å². The summed E-state index contributed by atoms with van der Waals surface area (Å²) in [4.78, 5) is 13.6. The van der Waals surface area contributed by atoms with Gasteiger partial charge in [-0.2, -0.15) is 15.0 Å². The molecule has 0 saturated heterocycles. The number of hydrogen-bond donors (Lipinski definition) is 2. The van der Waals surface area contributed by atoms with Crippen LogP contribution in [-0.4, -0.2) is 33.5 Å². The van der Waals surface area contributed by atoms with E-state index in [1.54, 1.807) is 0 Å². The van der Waals surface area contributed by atoms with Crippen LogP contribution in [0.5, 0.6) is 0 Å². The highest BCUT2D eigenvalue weighted by Crippen LogP contribution is 2.08. The fourth-order valence-electron chi connectivity index (χ4n) is 1.05. The van der Waals surface area contributed by atoms with E-state index in [0.29, 0.717) is 5.95 Å². The van der Waals surface area contributed by atoms with Gasteiger partial charge >= 0.3 is 0 Å². The van der Waals surface area contributed by atoms with Crippen LogP contribution in [0.25, 0.3) is 0 Å². The first kappa shape index (κ1) is 12.4. The molecule has 7 heteroatoms. The molecule has 0 unspecified atom stereocenters. The SMILES string of the molecule is CCN(CC)c1nc(N)nc(N)n1.O.